The van der Waals surface area contributed by atoms with Gasteiger partial charge in [-0.1, -0.05) is 18.2 Å². The van der Waals surface area contributed by atoms with Crippen LogP contribution in [0.2, 0.25) is 0 Å². The molecule has 1 aromatic carbocycles. The number of hydrogen-bond acceptors (Lipinski definition) is 4. The van der Waals surface area contributed by atoms with Gasteiger partial charge >= 0.3 is 0 Å². The third-order valence-electron chi connectivity index (χ3n) is 5.12. The van der Waals surface area contributed by atoms with Crippen molar-refractivity contribution in [2.24, 2.45) is 5.92 Å². The van der Waals surface area contributed by atoms with Gasteiger partial charge in [-0.3, -0.25) is 4.79 Å². The van der Waals surface area contributed by atoms with Gasteiger partial charge in [-0.2, -0.15) is 4.31 Å². The molecule has 2 atom stereocenters. The number of carbonyl (C=O) groups is 1. The highest BCUT2D eigenvalue weighted by Gasteiger charge is 2.37. The van der Waals surface area contributed by atoms with E-state index in [0.717, 1.165) is 23.0 Å². The van der Waals surface area contributed by atoms with Gasteiger partial charge in [0.2, 0.25) is 15.9 Å². The molecule has 2 N–H and O–H groups in total. The van der Waals surface area contributed by atoms with Crippen molar-refractivity contribution >= 4 is 26.8 Å². The predicted octanol–water partition coefficient (Wildman–Crippen LogP) is 1.04. The summed E-state index contributed by atoms with van der Waals surface area (Å²) in [6.07, 6.45) is 4.21. The molecule has 0 unspecified atom stereocenters. The van der Waals surface area contributed by atoms with Crippen molar-refractivity contribution in [1.29, 1.82) is 0 Å². The van der Waals surface area contributed by atoms with E-state index in [0.29, 0.717) is 25.9 Å². The van der Waals surface area contributed by atoms with Crippen LogP contribution in [0.5, 0.6) is 0 Å². The van der Waals surface area contributed by atoms with Crippen molar-refractivity contribution in [3.05, 3.63) is 36.0 Å². The highest BCUT2D eigenvalue weighted by Crippen LogP contribution is 2.22. The van der Waals surface area contributed by atoms with Gasteiger partial charge in [-0.05, 0) is 32.1 Å². The molecule has 1 saturated heterocycles. The Morgan fingerprint density at radius 1 is 1.30 bits per heavy atom. The molecule has 2 heterocycles. The normalized spacial score (nSPS) is 21.2. The number of carbonyl (C=O) groups excluding carboxylic acids is 1. The summed E-state index contributed by atoms with van der Waals surface area (Å²) in [6, 6.07) is 7.88. The van der Waals surface area contributed by atoms with Crippen LogP contribution in [0.25, 0.3) is 10.9 Å². The van der Waals surface area contributed by atoms with E-state index in [4.69, 9.17) is 0 Å². The number of sulfonamides is 1. The lowest BCUT2D eigenvalue weighted by Gasteiger charge is -2.22. The van der Waals surface area contributed by atoms with Gasteiger partial charge in [0, 0.05) is 55.1 Å². The first kappa shape index (κ1) is 19.9. The Kier molecular flexibility index (Phi) is 5.88. The Balaban J connectivity index is 1.61. The monoisotopic (exact) mass is 392 g/mol. The Morgan fingerprint density at radius 2 is 2.04 bits per heavy atom. The highest BCUT2D eigenvalue weighted by atomic mass is 32.2. The van der Waals surface area contributed by atoms with Crippen LogP contribution in [0.4, 0.5) is 0 Å². The van der Waals surface area contributed by atoms with Crippen LogP contribution in [0, 0.1) is 5.92 Å². The first-order chi connectivity index (χ1) is 12.7. The maximum atomic E-state index is 12.5. The molecule has 0 saturated carbocycles. The Labute approximate surface area is 160 Å². The zero-order valence-corrected chi connectivity index (χ0v) is 16.9. The molecule has 1 amide bonds. The summed E-state index contributed by atoms with van der Waals surface area (Å²) in [5.41, 5.74) is 2.19. The average Bonchev–Trinajstić information content (AvgIpc) is 3.17. The minimum atomic E-state index is -3.25. The van der Waals surface area contributed by atoms with Gasteiger partial charge in [-0.15, -0.1) is 0 Å². The van der Waals surface area contributed by atoms with Gasteiger partial charge in [0.25, 0.3) is 0 Å². The second kappa shape index (κ2) is 8.00. The van der Waals surface area contributed by atoms with Crippen LogP contribution in [0.15, 0.2) is 30.5 Å². The molecular formula is C19H28N4O3S. The summed E-state index contributed by atoms with van der Waals surface area (Å²) in [7, 11) is 0.662. The predicted molar refractivity (Wildman–Crippen MR) is 107 cm³/mol. The third kappa shape index (κ3) is 4.88. The molecule has 27 heavy (non-hydrogen) atoms. The molecule has 1 aliphatic heterocycles. The van der Waals surface area contributed by atoms with Gasteiger partial charge < -0.3 is 15.2 Å². The second-order valence-electron chi connectivity index (χ2n) is 7.64. The van der Waals surface area contributed by atoms with Crippen LogP contribution in [0.3, 0.4) is 0 Å². The number of aryl methyl sites for hydroxylation is 1. The van der Waals surface area contributed by atoms with Gasteiger partial charge in [-0.25, -0.2) is 8.42 Å². The number of rotatable bonds is 7. The van der Waals surface area contributed by atoms with E-state index in [1.807, 2.05) is 49.5 Å². The fraction of sp³-hybridized carbons (Fsp3) is 0.526. The molecule has 7 nitrogen and oxygen atoms in total. The topological polar surface area (TPSA) is 85.5 Å². The standard InChI is InChI=1S/C19H28N4O3S/c1-22(2)11-15-12-23(27(3,25)26)13-18(15)21-19(24)9-8-14-10-20-17-7-5-4-6-16(14)17/h4-7,10,15,18,20H,8-9,11-13H2,1-3H3,(H,21,24)/t15-,18-/m1/s1. The molecule has 1 aliphatic rings. The lowest BCUT2D eigenvalue weighted by atomic mass is 10.0. The summed E-state index contributed by atoms with van der Waals surface area (Å²) in [5, 5.41) is 4.20. The molecule has 1 aromatic heterocycles. The number of aromatic amines is 1. The highest BCUT2D eigenvalue weighted by molar-refractivity contribution is 7.88. The molecule has 2 aromatic rings. The Bertz CT molecular complexity index is 907. The van der Waals surface area contributed by atoms with Gasteiger partial charge in [0.05, 0.1) is 6.26 Å². The molecular weight excluding hydrogens is 364 g/mol. The van der Waals surface area contributed by atoms with Crippen molar-refractivity contribution in [2.45, 2.75) is 18.9 Å². The van der Waals surface area contributed by atoms with E-state index < -0.39 is 10.0 Å². The first-order valence-electron chi connectivity index (χ1n) is 9.18. The Morgan fingerprint density at radius 3 is 2.74 bits per heavy atom. The van der Waals surface area contributed by atoms with Crippen molar-refractivity contribution in [1.82, 2.24) is 19.5 Å². The van der Waals surface area contributed by atoms with Crippen LogP contribution in [-0.2, 0) is 21.2 Å². The second-order valence-corrected chi connectivity index (χ2v) is 9.62. The zero-order chi connectivity index (χ0) is 19.6. The van der Waals surface area contributed by atoms with Crippen molar-refractivity contribution in [2.75, 3.05) is 40.0 Å². The number of H-pyrrole nitrogens is 1. The maximum absolute atomic E-state index is 12.5. The molecule has 8 heteroatoms. The number of nitrogens with zero attached hydrogens (tertiary/aromatic N) is 2. The number of hydrogen-bond donors (Lipinski definition) is 2. The zero-order valence-electron chi connectivity index (χ0n) is 16.1. The van der Waals surface area contributed by atoms with E-state index in [9.17, 15) is 13.2 Å². The fourth-order valence-electron chi connectivity index (χ4n) is 3.79. The number of fused-ring (bicyclic) bond motifs is 1. The summed E-state index contributed by atoms with van der Waals surface area (Å²) in [5.74, 6) is 0.0520. The largest absolute Gasteiger partial charge is 0.361 e. The molecule has 0 spiro atoms. The number of nitrogens with one attached hydrogen (secondary N) is 2. The number of amides is 1. The lowest BCUT2D eigenvalue weighted by Crippen LogP contribution is -2.43. The van der Waals surface area contributed by atoms with Gasteiger partial charge in [0.15, 0.2) is 0 Å². The molecule has 0 aliphatic carbocycles. The summed E-state index contributed by atoms with van der Waals surface area (Å²) >= 11 is 0. The van der Waals surface area contributed by atoms with Crippen LogP contribution in [-0.4, -0.2) is 74.5 Å². The number of para-hydroxylation sites is 1. The molecule has 1 fully saturated rings. The maximum Gasteiger partial charge on any atom is 0.220 e. The van der Waals surface area contributed by atoms with Crippen LogP contribution < -0.4 is 5.32 Å². The summed E-state index contributed by atoms with van der Waals surface area (Å²) in [6.45, 7) is 1.53. The number of aromatic nitrogens is 1. The third-order valence-corrected chi connectivity index (χ3v) is 6.36. The SMILES string of the molecule is CN(C)C[C@@H]1CN(S(C)(=O)=O)C[C@H]1NC(=O)CCc1c[nH]c2ccccc12. The van der Waals surface area contributed by atoms with E-state index in [2.05, 4.69) is 10.3 Å². The van der Waals surface area contributed by atoms with Gasteiger partial charge in [0.1, 0.15) is 0 Å². The fourth-order valence-corrected chi connectivity index (χ4v) is 4.68. The van der Waals surface area contributed by atoms with Crippen LogP contribution >= 0.6 is 0 Å². The lowest BCUT2D eigenvalue weighted by molar-refractivity contribution is -0.121. The molecule has 3 rings (SSSR count). The molecule has 148 valence electrons. The van der Waals surface area contributed by atoms with E-state index in [1.165, 1.54) is 10.6 Å². The molecule has 0 bridgehead atoms. The first-order valence-corrected chi connectivity index (χ1v) is 11.0. The summed E-state index contributed by atoms with van der Waals surface area (Å²) < 4.78 is 25.3. The minimum absolute atomic E-state index is 0.0376. The van der Waals surface area contributed by atoms with Crippen molar-refractivity contribution < 1.29 is 13.2 Å². The summed E-state index contributed by atoms with van der Waals surface area (Å²) in [4.78, 5) is 17.8. The van der Waals surface area contributed by atoms with Crippen molar-refractivity contribution in [3.63, 3.8) is 0 Å². The Hall–Kier alpha value is -1.90. The van der Waals surface area contributed by atoms with Crippen LogP contribution in [0.1, 0.15) is 12.0 Å². The smallest absolute Gasteiger partial charge is 0.220 e. The average molecular weight is 393 g/mol. The number of benzene rings is 1. The van der Waals surface area contributed by atoms with E-state index >= 15 is 0 Å². The molecule has 0 radical (unpaired) electrons. The van der Waals surface area contributed by atoms with E-state index in [1.54, 1.807) is 0 Å². The van der Waals surface area contributed by atoms with Crippen molar-refractivity contribution in [3.8, 4) is 0 Å². The quantitative estimate of drug-likeness (QED) is 0.737. The minimum Gasteiger partial charge on any atom is -0.361 e. The van der Waals surface area contributed by atoms with E-state index in [-0.39, 0.29) is 17.9 Å².